The Morgan fingerprint density at radius 1 is 1.09 bits per heavy atom. The summed E-state index contributed by atoms with van der Waals surface area (Å²) in [5.41, 5.74) is 3.12. The number of nitrogens with zero attached hydrogens (tertiary/aromatic N) is 5. The van der Waals surface area contributed by atoms with Crippen molar-refractivity contribution in [1.82, 2.24) is 24.6 Å². The molecule has 0 spiro atoms. The highest BCUT2D eigenvalue weighted by Crippen LogP contribution is 2.30. The molecule has 1 unspecified atom stereocenters. The van der Waals surface area contributed by atoms with Crippen LogP contribution in [0.3, 0.4) is 0 Å². The Hall–Kier alpha value is -4.14. The fourth-order valence-electron chi connectivity index (χ4n) is 4.58. The van der Waals surface area contributed by atoms with Crippen LogP contribution in [0.4, 0.5) is 0 Å². The molecular weight excluding hydrogens is 446 g/mol. The van der Waals surface area contributed by atoms with Crippen LogP contribution in [0, 0.1) is 13.8 Å². The minimum absolute atomic E-state index is 0.115. The number of rotatable bonds is 4. The van der Waals surface area contributed by atoms with Crippen LogP contribution < -0.4 is 4.74 Å². The van der Waals surface area contributed by atoms with E-state index in [1.807, 2.05) is 44.2 Å². The number of furan rings is 1. The molecule has 1 fully saturated rings. The third kappa shape index (κ3) is 4.14. The van der Waals surface area contributed by atoms with Crippen molar-refractivity contribution in [2.75, 3.05) is 26.7 Å². The van der Waals surface area contributed by atoms with Gasteiger partial charge in [0.1, 0.15) is 23.4 Å². The largest absolute Gasteiger partial charge is 0.497 e. The quantitative estimate of drug-likeness (QED) is 0.449. The summed E-state index contributed by atoms with van der Waals surface area (Å²) in [5, 5.41) is 5.12. The van der Waals surface area contributed by atoms with Gasteiger partial charge in [0.15, 0.2) is 0 Å². The highest BCUT2D eigenvalue weighted by atomic mass is 16.5. The molecule has 0 radical (unpaired) electrons. The van der Waals surface area contributed by atoms with Gasteiger partial charge in [-0.25, -0.2) is 9.67 Å². The second kappa shape index (κ2) is 8.90. The van der Waals surface area contributed by atoms with Crippen LogP contribution in [0.15, 0.2) is 53.2 Å². The number of carbonyl (C=O) groups is 2. The van der Waals surface area contributed by atoms with E-state index in [0.29, 0.717) is 42.3 Å². The second-order valence-corrected chi connectivity index (χ2v) is 8.85. The van der Waals surface area contributed by atoms with Gasteiger partial charge in [0.05, 0.1) is 18.4 Å². The summed E-state index contributed by atoms with van der Waals surface area (Å²) < 4.78 is 12.7. The molecule has 3 heterocycles. The van der Waals surface area contributed by atoms with Gasteiger partial charge in [0.2, 0.25) is 5.82 Å². The number of amides is 2. The van der Waals surface area contributed by atoms with Crippen LogP contribution in [-0.2, 0) is 0 Å². The Morgan fingerprint density at radius 2 is 1.91 bits per heavy atom. The minimum Gasteiger partial charge on any atom is -0.497 e. The number of fused-ring (bicyclic) bond motifs is 1. The van der Waals surface area contributed by atoms with E-state index < -0.39 is 0 Å². The monoisotopic (exact) mass is 473 g/mol. The van der Waals surface area contributed by atoms with Gasteiger partial charge >= 0.3 is 0 Å². The third-order valence-corrected chi connectivity index (χ3v) is 6.41. The van der Waals surface area contributed by atoms with Gasteiger partial charge in [0, 0.05) is 31.1 Å². The lowest BCUT2D eigenvalue weighted by Gasteiger charge is -2.39. The van der Waals surface area contributed by atoms with Gasteiger partial charge in [-0.15, -0.1) is 5.10 Å². The Labute approximate surface area is 202 Å². The number of carbonyl (C=O) groups excluding carboxylic acids is 2. The Kier molecular flexibility index (Phi) is 5.76. The average Bonchev–Trinajstić information content (AvgIpc) is 3.47. The summed E-state index contributed by atoms with van der Waals surface area (Å²) in [7, 11) is 1.59. The molecule has 2 aromatic heterocycles. The zero-order valence-corrected chi connectivity index (χ0v) is 20.2. The van der Waals surface area contributed by atoms with Crippen molar-refractivity contribution in [3.05, 3.63) is 71.5 Å². The first kappa shape index (κ1) is 22.6. The van der Waals surface area contributed by atoms with Crippen molar-refractivity contribution >= 4 is 22.8 Å². The van der Waals surface area contributed by atoms with Gasteiger partial charge in [-0.3, -0.25) is 9.59 Å². The van der Waals surface area contributed by atoms with Crippen molar-refractivity contribution in [3.8, 4) is 11.4 Å². The lowest BCUT2D eigenvalue weighted by atomic mass is 10.1. The third-order valence-electron chi connectivity index (χ3n) is 6.41. The highest BCUT2D eigenvalue weighted by molar-refractivity contribution is 6.07. The summed E-state index contributed by atoms with van der Waals surface area (Å²) in [6, 6.07) is 13.1. The van der Waals surface area contributed by atoms with Crippen molar-refractivity contribution in [2.45, 2.75) is 26.8 Å². The lowest BCUT2D eigenvalue weighted by Crippen LogP contribution is -2.55. The maximum atomic E-state index is 13.5. The molecular formula is C26H27N5O4. The lowest BCUT2D eigenvalue weighted by molar-refractivity contribution is 0.0407. The molecule has 0 saturated carbocycles. The number of piperazine rings is 1. The van der Waals surface area contributed by atoms with Crippen molar-refractivity contribution in [3.63, 3.8) is 0 Å². The molecule has 9 heteroatoms. The van der Waals surface area contributed by atoms with Crippen LogP contribution in [0.1, 0.15) is 39.2 Å². The Bertz CT molecular complexity index is 1420. The highest BCUT2D eigenvalue weighted by Gasteiger charge is 2.34. The molecule has 180 valence electrons. The number of aromatic nitrogens is 3. The molecule has 9 nitrogen and oxygen atoms in total. The number of ether oxygens (including phenoxy) is 1. The summed E-state index contributed by atoms with van der Waals surface area (Å²) >= 11 is 0. The SMILES string of the molecule is COc1ccc2oc(C)c(C(=O)N3CCN(C(=O)c4ncn(-c5cccc(C)c5)n4)C(C)C3)c2c1. The number of hydrogen-bond acceptors (Lipinski definition) is 6. The summed E-state index contributed by atoms with van der Waals surface area (Å²) in [4.78, 5) is 34.4. The van der Waals surface area contributed by atoms with Crippen LogP contribution in [0.5, 0.6) is 5.75 Å². The minimum atomic E-state index is -0.245. The standard InChI is InChI=1S/C26H27N5O4/c1-16-6-5-7-19(12-16)31-15-27-24(28-31)26(33)30-11-10-29(14-17(30)2)25(32)23-18(3)35-22-9-8-20(34-4)13-21(22)23/h5-9,12-13,15,17H,10-11,14H2,1-4H3. The van der Waals surface area contributed by atoms with E-state index in [1.165, 1.54) is 0 Å². The van der Waals surface area contributed by atoms with Crippen LogP contribution in [-0.4, -0.2) is 69.2 Å². The Morgan fingerprint density at radius 3 is 2.66 bits per heavy atom. The predicted molar refractivity (Wildman–Crippen MR) is 130 cm³/mol. The van der Waals surface area contributed by atoms with Crippen molar-refractivity contribution in [1.29, 1.82) is 0 Å². The first-order valence-electron chi connectivity index (χ1n) is 11.5. The molecule has 1 saturated heterocycles. The molecule has 0 bridgehead atoms. The van der Waals surface area contributed by atoms with E-state index in [-0.39, 0.29) is 23.7 Å². The van der Waals surface area contributed by atoms with Gasteiger partial charge in [-0.05, 0) is 56.7 Å². The molecule has 1 aliphatic rings. The fourth-order valence-corrected chi connectivity index (χ4v) is 4.58. The molecule has 1 atom stereocenters. The van der Waals surface area contributed by atoms with Gasteiger partial charge in [-0.2, -0.15) is 0 Å². The van der Waals surface area contributed by atoms with Crippen LogP contribution in [0.2, 0.25) is 0 Å². The van der Waals surface area contributed by atoms with E-state index in [0.717, 1.165) is 16.6 Å². The normalized spacial score (nSPS) is 16.1. The predicted octanol–water partition coefficient (Wildman–Crippen LogP) is 3.63. The molecule has 0 aliphatic carbocycles. The zero-order chi connectivity index (χ0) is 24.7. The smallest absolute Gasteiger partial charge is 0.293 e. The fraction of sp³-hybridized carbons (Fsp3) is 0.308. The summed E-state index contributed by atoms with van der Waals surface area (Å²) in [5.74, 6) is 1.01. The first-order valence-corrected chi connectivity index (χ1v) is 11.5. The van der Waals surface area contributed by atoms with Crippen molar-refractivity contribution < 1.29 is 18.7 Å². The number of methoxy groups -OCH3 is 1. The number of hydrogen-bond donors (Lipinski definition) is 0. The Balaban J connectivity index is 1.32. The molecule has 0 N–H and O–H groups in total. The van der Waals surface area contributed by atoms with Gasteiger partial charge in [-0.1, -0.05) is 12.1 Å². The van der Waals surface area contributed by atoms with Crippen molar-refractivity contribution in [2.24, 2.45) is 0 Å². The maximum absolute atomic E-state index is 13.5. The molecule has 2 amide bonds. The van der Waals surface area contributed by atoms with Gasteiger partial charge < -0.3 is 19.0 Å². The number of benzene rings is 2. The average molecular weight is 474 g/mol. The summed E-state index contributed by atoms with van der Waals surface area (Å²) in [6.45, 7) is 6.92. The zero-order valence-electron chi connectivity index (χ0n) is 20.2. The van der Waals surface area contributed by atoms with E-state index in [1.54, 1.807) is 47.0 Å². The molecule has 2 aromatic carbocycles. The number of aryl methyl sites for hydroxylation is 2. The van der Waals surface area contributed by atoms with Crippen LogP contribution >= 0.6 is 0 Å². The summed E-state index contributed by atoms with van der Waals surface area (Å²) in [6.07, 6.45) is 1.55. The van der Waals surface area contributed by atoms with Crippen LogP contribution in [0.25, 0.3) is 16.7 Å². The molecule has 4 aromatic rings. The second-order valence-electron chi connectivity index (χ2n) is 8.85. The molecule has 5 rings (SSSR count). The maximum Gasteiger partial charge on any atom is 0.293 e. The van der Waals surface area contributed by atoms with E-state index in [4.69, 9.17) is 9.15 Å². The topological polar surface area (TPSA) is 93.7 Å². The van der Waals surface area contributed by atoms with E-state index in [2.05, 4.69) is 10.1 Å². The van der Waals surface area contributed by atoms with E-state index >= 15 is 0 Å². The van der Waals surface area contributed by atoms with Gasteiger partial charge in [0.25, 0.3) is 11.8 Å². The first-order chi connectivity index (χ1) is 16.9. The van der Waals surface area contributed by atoms with E-state index in [9.17, 15) is 9.59 Å². The molecule has 35 heavy (non-hydrogen) atoms. The molecule has 1 aliphatic heterocycles.